The van der Waals surface area contributed by atoms with Crippen LogP contribution in [-0.2, 0) is 0 Å². The van der Waals surface area contributed by atoms with E-state index in [0.29, 0.717) is 11.3 Å². The molecule has 12 nitrogen and oxygen atoms in total. The number of methoxy groups -OCH3 is 3. The number of hydrogen-bond acceptors (Lipinski definition) is 8. The molecule has 0 aliphatic carbocycles. The number of hydrazine groups is 1. The second kappa shape index (κ2) is 8.57. The Balaban J connectivity index is 1.93. The van der Waals surface area contributed by atoms with Gasteiger partial charge in [0.25, 0.3) is 11.8 Å². The topological polar surface area (TPSA) is 146 Å². The molecule has 0 spiro atoms. The molecule has 2 N–H and O–H groups in total. The fraction of sp³-hybridized carbons (Fsp3) is 0.211. The van der Waals surface area contributed by atoms with Crippen molar-refractivity contribution >= 4 is 23.1 Å². The van der Waals surface area contributed by atoms with E-state index >= 15 is 0 Å². The van der Waals surface area contributed by atoms with E-state index in [-0.39, 0.29) is 22.9 Å². The lowest BCUT2D eigenvalue weighted by Gasteiger charge is -2.15. The van der Waals surface area contributed by atoms with E-state index in [0.717, 1.165) is 6.07 Å². The molecule has 2 aromatic heterocycles. The molecule has 12 heteroatoms. The molecular formula is C19H19N5O7. The van der Waals surface area contributed by atoms with Crippen LogP contribution in [0, 0.1) is 17.0 Å². The van der Waals surface area contributed by atoms with E-state index in [9.17, 15) is 19.7 Å². The van der Waals surface area contributed by atoms with Gasteiger partial charge in [0.2, 0.25) is 11.5 Å². The Morgan fingerprint density at radius 1 is 1.06 bits per heavy atom. The Morgan fingerprint density at radius 2 is 1.74 bits per heavy atom. The summed E-state index contributed by atoms with van der Waals surface area (Å²) in [4.78, 5) is 40.5. The van der Waals surface area contributed by atoms with E-state index in [1.807, 2.05) is 0 Å². The van der Waals surface area contributed by atoms with Crippen molar-refractivity contribution in [2.75, 3.05) is 21.3 Å². The lowest BCUT2D eigenvalue weighted by Crippen LogP contribution is -2.42. The van der Waals surface area contributed by atoms with E-state index in [2.05, 4.69) is 15.8 Å². The minimum absolute atomic E-state index is 0.0408. The Bertz CT molecular complexity index is 1190. The van der Waals surface area contributed by atoms with Gasteiger partial charge in [-0.3, -0.25) is 35.0 Å². The van der Waals surface area contributed by atoms with Crippen LogP contribution in [0.25, 0.3) is 5.65 Å². The largest absolute Gasteiger partial charge is 0.493 e. The molecule has 0 aliphatic heterocycles. The van der Waals surface area contributed by atoms with E-state index < -0.39 is 28.0 Å². The number of pyridine rings is 1. The van der Waals surface area contributed by atoms with Crippen LogP contribution in [0.15, 0.2) is 30.5 Å². The number of hydrogen-bond donors (Lipinski definition) is 2. The zero-order chi connectivity index (χ0) is 22.7. The summed E-state index contributed by atoms with van der Waals surface area (Å²) in [5.74, 6) is -1.90. The fourth-order valence-corrected chi connectivity index (χ4v) is 3.12. The Kier molecular flexibility index (Phi) is 5.90. The SMILES string of the molecule is COc1cc(C(=O)NNC(=O)c2c(C)nc3ccccn23)c([N+](=O)[O-])c(OC)c1OC. The lowest BCUT2D eigenvalue weighted by molar-refractivity contribution is -0.386. The van der Waals surface area contributed by atoms with Gasteiger partial charge in [-0.2, -0.15) is 0 Å². The van der Waals surface area contributed by atoms with Gasteiger partial charge in [0.05, 0.1) is 31.9 Å². The molecule has 3 rings (SSSR count). The number of carbonyl (C=O) groups excluding carboxylic acids is 2. The predicted molar refractivity (Wildman–Crippen MR) is 108 cm³/mol. The molecule has 2 amide bonds. The van der Waals surface area contributed by atoms with Crippen molar-refractivity contribution in [3.8, 4) is 17.2 Å². The third-order valence-electron chi connectivity index (χ3n) is 4.44. The maximum absolute atomic E-state index is 12.7. The normalized spacial score (nSPS) is 10.5. The molecular weight excluding hydrogens is 410 g/mol. The summed E-state index contributed by atoms with van der Waals surface area (Å²) in [6.45, 7) is 1.65. The number of imidazole rings is 1. The van der Waals surface area contributed by atoms with Crippen molar-refractivity contribution in [2.45, 2.75) is 6.92 Å². The first-order valence-electron chi connectivity index (χ1n) is 8.85. The summed E-state index contributed by atoms with van der Waals surface area (Å²) in [5, 5.41) is 11.6. The number of amides is 2. The highest BCUT2D eigenvalue weighted by Crippen LogP contribution is 2.46. The fourth-order valence-electron chi connectivity index (χ4n) is 3.12. The van der Waals surface area contributed by atoms with Crippen molar-refractivity contribution < 1.29 is 28.7 Å². The number of carbonyl (C=O) groups is 2. The first-order valence-corrected chi connectivity index (χ1v) is 8.85. The van der Waals surface area contributed by atoms with E-state index in [1.165, 1.54) is 21.3 Å². The smallest absolute Gasteiger partial charge is 0.327 e. The lowest BCUT2D eigenvalue weighted by atomic mass is 10.1. The summed E-state index contributed by atoms with van der Waals surface area (Å²) in [7, 11) is 3.78. The number of benzene rings is 1. The molecule has 31 heavy (non-hydrogen) atoms. The van der Waals surface area contributed by atoms with Gasteiger partial charge in [-0.15, -0.1) is 0 Å². The molecule has 0 atom stereocenters. The molecule has 162 valence electrons. The average Bonchev–Trinajstić information content (AvgIpc) is 3.10. The quantitative estimate of drug-likeness (QED) is 0.444. The van der Waals surface area contributed by atoms with Crippen LogP contribution in [0.5, 0.6) is 17.2 Å². The number of nitro benzene ring substituents is 1. The standard InChI is InChI=1S/C19H19N5O7/c1-10-14(23-8-6-5-7-13(23)20-10)19(26)22-21-18(25)11-9-12(29-2)16(30-3)17(31-4)15(11)24(27)28/h5-9H,1-4H3,(H,21,25)(H,22,26). The van der Waals surface area contributed by atoms with Gasteiger partial charge in [0, 0.05) is 12.3 Å². The summed E-state index contributed by atoms with van der Waals surface area (Å²) >= 11 is 0. The van der Waals surface area contributed by atoms with Gasteiger partial charge in [-0.05, 0) is 19.1 Å². The second-order valence-corrected chi connectivity index (χ2v) is 6.18. The maximum atomic E-state index is 12.7. The number of aromatic nitrogens is 2. The Labute approximate surface area is 175 Å². The highest BCUT2D eigenvalue weighted by Gasteiger charge is 2.32. The third-order valence-corrected chi connectivity index (χ3v) is 4.44. The highest BCUT2D eigenvalue weighted by molar-refractivity contribution is 6.03. The predicted octanol–water partition coefficient (Wildman–Crippen LogP) is 1.65. The molecule has 1 aromatic carbocycles. The minimum atomic E-state index is -0.953. The molecule has 0 unspecified atom stereocenters. The van der Waals surface area contributed by atoms with Gasteiger partial charge in [-0.25, -0.2) is 4.98 Å². The van der Waals surface area contributed by atoms with E-state index in [1.54, 1.807) is 35.7 Å². The number of nitro groups is 1. The second-order valence-electron chi connectivity index (χ2n) is 6.18. The van der Waals surface area contributed by atoms with Crippen LogP contribution in [0.3, 0.4) is 0 Å². The number of rotatable bonds is 6. The van der Waals surface area contributed by atoms with Crippen LogP contribution in [-0.4, -0.2) is 47.5 Å². The average molecular weight is 429 g/mol. The summed E-state index contributed by atoms with van der Waals surface area (Å²) in [6.07, 6.45) is 1.65. The van der Waals surface area contributed by atoms with Crippen LogP contribution >= 0.6 is 0 Å². The van der Waals surface area contributed by atoms with Gasteiger partial charge in [-0.1, -0.05) is 6.07 Å². The summed E-state index contributed by atoms with van der Waals surface area (Å²) in [5.41, 5.74) is 4.59. The monoisotopic (exact) mass is 429 g/mol. The maximum Gasteiger partial charge on any atom is 0.327 e. The van der Waals surface area contributed by atoms with Gasteiger partial charge < -0.3 is 14.2 Å². The molecule has 0 aliphatic rings. The van der Waals surface area contributed by atoms with Crippen molar-refractivity contribution in [3.05, 3.63) is 57.5 Å². The van der Waals surface area contributed by atoms with Crippen molar-refractivity contribution in [1.29, 1.82) is 0 Å². The van der Waals surface area contributed by atoms with Gasteiger partial charge in [0.15, 0.2) is 5.75 Å². The highest BCUT2D eigenvalue weighted by atomic mass is 16.6. The van der Waals surface area contributed by atoms with Gasteiger partial charge in [0.1, 0.15) is 16.9 Å². The molecule has 0 bridgehead atoms. The third kappa shape index (κ3) is 3.77. The van der Waals surface area contributed by atoms with Crippen molar-refractivity contribution in [3.63, 3.8) is 0 Å². The zero-order valence-electron chi connectivity index (χ0n) is 17.1. The first kappa shape index (κ1) is 21.4. The Hall–Kier alpha value is -4.35. The molecule has 3 aromatic rings. The van der Waals surface area contributed by atoms with Crippen LogP contribution in [0.2, 0.25) is 0 Å². The number of fused-ring (bicyclic) bond motifs is 1. The van der Waals surface area contributed by atoms with Crippen molar-refractivity contribution in [2.24, 2.45) is 0 Å². The van der Waals surface area contributed by atoms with Crippen LogP contribution in [0.4, 0.5) is 5.69 Å². The first-order chi connectivity index (χ1) is 14.8. The molecule has 0 saturated heterocycles. The number of ether oxygens (including phenoxy) is 3. The number of nitrogens with zero attached hydrogens (tertiary/aromatic N) is 3. The molecule has 0 fully saturated rings. The minimum Gasteiger partial charge on any atom is -0.493 e. The molecule has 0 saturated carbocycles. The summed E-state index contributed by atoms with van der Waals surface area (Å²) < 4.78 is 16.9. The molecule has 0 radical (unpaired) electrons. The zero-order valence-corrected chi connectivity index (χ0v) is 17.1. The van der Waals surface area contributed by atoms with Crippen molar-refractivity contribution in [1.82, 2.24) is 20.2 Å². The van der Waals surface area contributed by atoms with Crippen LogP contribution in [0.1, 0.15) is 26.5 Å². The Morgan fingerprint density at radius 3 is 2.35 bits per heavy atom. The van der Waals surface area contributed by atoms with Crippen LogP contribution < -0.4 is 25.1 Å². The number of nitrogens with one attached hydrogen (secondary N) is 2. The van der Waals surface area contributed by atoms with E-state index in [4.69, 9.17) is 14.2 Å². The molecule has 2 heterocycles. The van der Waals surface area contributed by atoms with Gasteiger partial charge >= 0.3 is 5.69 Å². The summed E-state index contributed by atoms with van der Waals surface area (Å²) in [6, 6.07) is 6.35. The number of aryl methyl sites for hydroxylation is 1.